The highest BCUT2D eigenvalue weighted by atomic mass is 16.3. The summed E-state index contributed by atoms with van der Waals surface area (Å²) in [5.74, 6) is 0.161. The van der Waals surface area contributed by atoms with E-state index in [9.17, 15) is 9.90 Å². The highest BCUT2D eigenvalue weighted by Gasteiger charge is 2.13. The highest BCUT2D eigenvalue weighted by molar-refractivity contribution is 5.73. The zero-order valence-electron chi connectivity index (χ0n) is 12.3. The van der Waals surface area contributed by atoms with Crippen LogP contribution in [0.25, 0.3) is 5.65 Å². The average Bonchev–Trinajstić information content (AvgIpc) is 2.98. The lowest BCUT2D eigenvalue weighted by molar-refractivity contribution is 0.114. The fraction of sp³-hybridized carbons (Fsp3) is 0.500. The molecule has 2 unspecified atom stereocenters. The van der Waals surface area contributed by atoms with Crippen LogP contribution in [0.3, 0.4) is 0 Å². The van der Waals surface area contributed by atoms with Crippen LogP contribution in [-0.2, 0) is 6.54 Å². The van der Waals surface area contributed by atoms with Gasteiger partial charge in [0.05, 0.1) is 24.5 Å². The molecule has 0 bridgehead atoms. The van der Waals surface area contributed by atoms with Gasteiger partial charge < -0.3 is 15.7 Å². The van der Waals surface area contributed by atoms with Crippen LogP contribution in [0, 0.1) is 5.92 Å². The van der Waals surface area contributed by atoms with Crippen molar-refractivity contribution < 1.29 is 9.90 Å². The minimum atomic E-state index is -0.528. The average molecular weight is 291 g/mol. The van der Waals surface area contributed by atoms with Crippen LogP contribution in [0.5, 0.6) is 0 Å². The van der Waals surface area contributed by atoms with E-state index in [-0.39, 0.29) is 18.5 Å². The van der Waals surface area contributed by atoms with Gasteiger partial charge in [0.25, 0.3) is 0 Å². The first-order valence-electron chi connectivity index (χ1n) is 7.09. The number of rotatable bonds is 6. The molecule has 0 saturated heterocycles. The van der Waals surface area contributed by atoms with Crippen LogP contribution in [0.4, 0.5) is 4.79 Å². The molecule has 0 saturated carbocycles. The van der Waals surface area contributed by atoms with Gasteiger partial charge in [-0.15, -0.1) is 0 Å². The summed E-state index contributed by atoms with van der Waals surface area (Å²) < 4.78 is 1.67. The van der Waals surface area contributed by atoms with Crippen molar-refractivity contribution in [1.29, 1.82) is 0 Å². The van der Waals surface area contributed by atoms with Gasteiger partial charge in [0.1, 0.15) is 0 Å². The molecule has 2 aromatic rings. The number of aromatic nitrogens is 3. The third-order valence-electron chi connectivity index (χ3n) is 3.57. The van der Waals surface area contributed by atoms with E-state index < -0.39 is 6.10 Å². The Morgan fingerprint density at radius 1 is 1.38 bits per heavy atom. The Balaban J connectivity index is 1.83. The minimum Gasteiger partial charge on any atom is -0.391 e. The van der Waals surface area contributed by atoms with Crippen molar-refractivity contribution in [2.45, 2.75) is 32.9 Å². The fourth-order valence-corrected chi connectivity index (χ4v) is 1.92. The first-order chi connectivity index (χ1) is 10.1. The Kier molecular flexibility index (Phi) is 5.10. The van der Waals surface area contributed by atoms with E-state index in [0.717, 1.165) is 17.8 Å². The van der Waals surface area contributed by atoms with Gasteiger partial charge in [0.2, 0.25) is 0 Å². The summed E-state index contributed by atoms with van der Waals surface area (Å²) in [7, 11) is 0. The lowest BCUT2D eigenvalue weighted by atomic mass is 10.0. The monoisotopic (exact) mass is 291 g/mol. The van der Waals surface area contributed by atoms with Gasteiger partial charge in [-0.2, -0.15) is 5.10 Å². The maximum atomic E-state index is 11.7. The molecule has 3 N–H and O–H groups in total. The van der Waals surface area contributed by atoms with Crippen LogP contribution in [0.2, 0.25) is 0 Å². The number of carbonyl (C=O) groups is 1. The number of hydrogen-bond donors (Lipinski definition) is 3. The quantitative estimate of drug-likeness (QED) is 0.738. The van der Waals surface area contributed by atoms with Crippen molar-refractivity contribution in [3.05, 3.63) is 30.2 Å². The molecule has 2 amide bonds. The zero-order valence-corrected chi connectivity index (χ0v) is 12.3. The Labute approximate surface area is 123 Å². The molecule has 7 nitrogen and oxygen atoms in total. The van der Waals surface area contributed by atoms with E-state index in [2.05, 4.69) is 20.7 Å². The standard InChI is InChI=1S/C14H21N5O2/c1-3-10(2)12(20)9-17-14(21)16-8-11-4-6-15-13-5-7-18-19(11)13/h4-7,10,12,20H,3,8-9H2,1-2H3,(H2,16,17,21). The van der Waals surface area contributed by atoms with Gasteiger partial charge in [-0.05, 0) is 12.0 Å². The third-order valence-corrected chi connectivity index (χ3v) is 3.57. The summed E-state index contributed by atoms with van der Waals surface area (Å²) in [6, 6.07) is 3.29. The summed E-state index contributed by atoms with van der Waals surface area (Å²) in [6.07, 6.45) is 3.69. The first-order valence-corrected chi connectivity index (χ1v) is 7.09. The summed E-state index contributed by atoms with van der Waals surface area (Å²) >= 11 is 0. The van der Waals surface area contributed by atoms with Crippen LogP contribution in [0.1, 0.15) is 26.0 Å². The largest absolute Gasteiger partial charge is 0.391 e. The number of carbonyl (C=O) groups excluding carboxylic acids is 1. The maximum absolute atomic E-state index is 11.7. The molecule has 2 rings (SSSR count). The second-order valence-electron chi connectivity index (χ2n) is 5.05. The zero-order chi connectivity index (χ0) is 15.2. The molecule has 7 heteroatoms. The first kappa shape index (κ1) is 15.2. The van der Waals surface area contributed by atoms with E-state index in [1.165, 1.54) is 0 Å². The fourth-order valence-electron chi connectivity index (χ4n) is 1.92. The van der Waals surface area contributed by atoms with Crippen LogP contribution < -0.4 is 10.6 Å². The predicted molar refractivity (Wildman–Crippen MR) is 78.7 cm³/mol. The normalized spacial score (nSPS) is 13.9. The summed E-state index contributed by atoms with van der Waals surface area (Å²) in [6.45, 7) is 4.54. The molecule has 0 spiro atoms. The van der Waals surface area contributed by atoms with E-state index >= 15 is 0 Å². The molecule has 0 aliphatic heterocycles. The second-order valence-corrected chi connectivity index (χ2v) is 5.05. The Morgan fingerprint density at radius 3 is 2.95 bits per heavy atom. The lowest BCUT2D eigenvalue weighted by Crippen LogP contribution is -2.41. The van der Waals surface area contributed by atoms with Gasteiger partial charge in [-0.3, -0.25) is 0 Å². The number of aliphatic hydroxyl groups excluding tert-OH is 1. The number of aliphatic hydroxyl groups is 1. The molecule has 2 heterocycles. The molecule has 0 radical (unpaired) electrons. The van der Waals surface area contributed by atoms with E-state index in [1.807, 2.05) is 13.8 Å². The summed E-state index contributed by atoms with van der Waals surface area (Å²) in [5, 5.41) is 19.4. The smallest absolute Gasteiger partial charge is 0.315 e. The number of fused-ring (bicyclic) bond motifs is 1. The number of hydrogen-bond acceptors (Lipinski definition) is 4. The molecule has 21 heavy (non-hydrogen) atoms. The van der Waals surface area contributed by atoms with Crippen molar-refractivity contribution in [3.63, 3.8) is 0 Å². The minimum absolute atomic E-state index is 0.161. The Bertz CT molecular complexity index is 598. The molecule has 0 aromatic carbocycles. The predicted octanol–water partition coefficient (Wildman–Crippen LogP) is 0.935. The van der Waals surface area contributed by atoms with Crippen LogP contribution in [-0.4, -0.2) is 38.4 Å². The van der Waals surface area contributed by atoms with Gasteiger partial charge in [-0.1, -0.05) is 20.3 Å². The number of amides is 2. The molecule has 114 valence electrons. The summed E-state index contributed by atoms with van der Waals surface area (Å²) in [5.41, 5.74) is 1.57. The lowest BCUT2D eigenvalue weighted by Gasteiger charge is -2.17. The molecule has 0 aliphatic rings. The second kappa shape index (κ2) is 7.03. The molecular formula is C14H21N5O2. The Hall–Kier alpha value is -2.15. The van der Waals surface area contributed by atoms with Crippen LogP contribution in [0.15, 0.2) is 24.5 Å². The van der Waals surface area contributed by atoms with Gasteiger partial charge >= 0.3 is 6.03 Å². The van der Waals surface area contributed by atoms with E-state index in [0.29, 0.717) is 6.54 Å². The topological polar surface area (TPSA) is 91.5 Å². The molecule has 2 atom stereocenters. The van der Waals surface area contributed by atoms with Crippen molar-refractivity contribution in [2.75, 3.05) is 6.54 Å². The Morgan fingerprint density at radius 2 is 2.19 bits per heavy atom. The van der Waals surface area contributed by atoms with Gasteiger partial charge in [0.15, 0.2) is 5.65 Å². The highest BCUT2D eigenvalue weighted by Crippen LogP contribution is 2.06. The van der Waals surface area contributed by atoms with E-state index in [4.69, 9.17) is 0 Å². The van der Waals surface area contributed by atoms with E-state index in [1.54, 1.807) is 29.0 Å². The van der Waals surface area contributed by atoms with Gasteiger partial charge in [-0.25, -0.2) is 14.3 Å². The van der Waals surface area contributed by atoms with Crippen molar-refractivity contribution in [2.24, 2.45) is 5.92 Å². The van der Waals surface area contributed by atoms with Crippen molar-refractivity contribution in [3.8, 4) is 0 Å². The van der Waals surface area contributed by atoms with Crippen molar-refractivity contribution >= 4 is 11.7 Å². The van der Waals surface area contributed by atoms with Gasteiger partial charge in [0, 0.05) is 18.8 Å². The van der Waals surface area contributed by atoms with Crippen LogP contribution >= 0.6 is 0 Å². The molecular weight excluding hydrogens is 270 g/mol. The molecule has 2 aromatic heterocycles. The number of nitrogens with zero attached hydrogens (tertiary/aromatic N) is 3. The maximum Gasteiger partial charge on any atom is 0.315 e. The SMILES string of the molecule is CCC(C)C(O)CNC(=O)NCc1ccnc2ccnn12. The molecule has 0 fully saturated rings. The van der Waals surface area contributed by atoms with Crippen molar-refractivity contribution in [1.82, 2.24) is 25.2 Å². The third kappa shape index (κ3) is 3.91. The number of urea groups is 1. The summed E-state index contributed by atoms with van der Waals surface area (Å²) in [4.78, 5) is 15.9. The molecule has 0 aliphatic carbocycles. The number of nitrogens with one attached hydrogen (secondary N) is 2.